The molecular formula is C18H23N5O2. The molecule has 132 valence electrons. The highest BCUT2D eigenvalue weighted by Crippen LogP contribution is 2.24. The SMILES string of the molecule is C[C@H](CC(=O)Nc1cccnc1-n1cccn1)NC(=O)C1CCCC1. The van der Waals surface area contributed by atoms with Crippen molar-refractivity contribution in [1.82, 2.24) is 20.1 Å². The van der Waals surface area contributed by atoms with Gasteiger partial charge >= 0.3 is 0 Å². The van der Waals surface area contributed by atoms with Crippen LogP contribution in [0.1, 0.15) is 39.0 Å². The van der Waals surface area contributed by atoms with E-state index in [-0.39, 0.29) is 30.2 Å². The Bertz CT molecular complexity index is 723. The molecule has 7 heteroatoms. The van der Waals surface area contributed by atoms with Crippen molar-refractivity contribution in [2.75, 3.05) is 5.32 Å². The summed E-state index contributed by atoms with van der Waals surface area (Å²) in [5.41, 5.74) is 0.588. The molecule has 2 N–H and O–H groups in total. The number of rotatable bonds is 6. The van der Waals surface area contributed by atoms with Gasteiger partial charge in [0.1, 0.15) is 0 Å². The lowest BCUT2D eigenvalue weighted by molar-refractivity contribution is -0.125. The fraction of sp³-hybridized carbons (Fsp3) is 0.444. The molecule has 2 aromatic rings. The molecule has 0 aromatic carbocycles. The third kappa shape index (κ3) is 4.43. The Morgan fingerprint density at radius 2 is 2.08 bits per heavy atom. The van der Waals surface area contributed by atoms with Crippen molar-refractivity contribution in [3.8, 4) is 5.82 Å². The van der Waals surface area contributed by atoms with E-state index in [4.69, 9.17) is 0 Å². The Morgan fingerprint density at radius 3 is 2.80 bits per heavy atom. The van der Waals surface area contributed by atoms with E-state index in [1.54, 1.807) is 41.5 Å². The second-order valence-electron chi connectivity index (χ2n) is 6.47. The maximum atomic E-state index is 12.3. The van der Waals surface area contributed by atoms with Gasteiger partial charge in [0, 0.05) is 37.0 Å². The van der Waals surface area contributed by atoms with Crippen LogP contribution in [0.2, 0.25) is 0 Å². The van der Waals surface area contributed by atoms with Crippen molar-refractivity contribution in [1.29, 1.82) is 0 Å². The van der Waals surface area contributed by atoms with E-state index < -0.39 is 0 Å². The van der Waals surface area contributed by atoms with Crippen LogP contribution in [0.15, 0.2) is 36.8 Å². The number of pyridine rings is 1. The van der Waals surface area contributed by atoms with E-state index in [0.29, 0.717) is 11.5 Å². The number of carbonyl (C=O) groups excluding carboxylic acids is 2. The molecule has 0 radical (unpaired) electrons. The van der Waals surface area contributed by atoms with E-state index in [0.717, 1.165) is 25.7 Å². The number of nitrogens with one attached hydrogen (secondary N) is 2. The van der Waals surface area contributed by atoms with Crippen LogP contribution in [-0.2, 0) is 9.59 Å². The molecule has 0 bridgehead atoms. The molecule has 25 heavy (non-hydrogen) atoms. The van der Waals surface area contributed by atoms with E-state index in [2.05, 4.69) is 20.7 Å². The highest BCUT2D eigenvalue weighted by Gasteiger charge is 2.24. The third-order valence-corrected chi connectivity index (χ3v) is 4.39. The maximum Gasteiger partial charge on any atom is 0.226 e. The lowest BCUT2D eigenvalue weighted by Gasteiger charge is -2.17. The molecule has 2 heterocycles. The predicted octanol–water partition coefficient (Wildman–Crippen LogP) is 2.29. The minimum absolute atomic E-state index is 0.0661. The number of amides is 2. The lowest BCUT2D eigenvalue weighted by atomic mass is 10.1. The molecule has 0 saturated heterocycles. The molecule has 7 nitrogen and oxygen atoms in total. The summed E-state index contributed by atoms with van der Waals surface area (Å²) >= 11 is 0. The Kier molecular flexibility index (Phi) is 5.42. The molecule has 0 aliphatic heterocycles. The zero-order chi connectivity index (χ0) is 17.6. The van der Waals surface area contributed by atoms with Gasteiger partial charge in [-0.25, -0.2) is 9.67 Å². The molecular weight excluding hydrogens is 318 g/mol. The Labute approximate surface area is 146 Å². The van der Waals surface area contributed by atoms with Crippen LogP contribution in [0.25, 0.3) is 5.82 Å². The first-order valence-corrected chi connectivity index (χ1v) is 8.69. The highest BCUT2D eigenvalue weighted by atomic mass is 16.2. The molecule has 2 amide bonds. The molecule has 1 fully saturated rings. The molecule has 1 aliphatic carbocycles. The minimum atomic E-state index is -0.210. The first-order valence-electron chi connectivity index (χ1n) is 8.69. The first-order chi connectivity index (χ1) is 12.1. The average molecular weight is 341 g/mol. The Balaban J connectivity index is 1.57. The average Bonchev–Trinajstić information content (AvgIpc) is 3.29. The van der Waals surface area contributed by atoms with Crippen molar-refractivity contribution in [3.05, 3.63) is 36.8 Å². The fourth-order valence-electron chi connectivity index (χ4n) is 3.15. The van der Waals surface area contributed by atoms with Crippen LogP contribution in [0.4, 0.5) is 5.69 Å². The second-order valence-corrected chi connectivity index (χ2v) is 6.47. The van der Waals surface area contributed by atoms with Crippen LogP contribution >= 0.6 is 0 Å². The van der Waals surface area contributed by atoms with Gasteiger partial charge < -0.3 is 10.6 Å². The monoisotopic (exact) mass is 341 g/mol. The predicted molar refractivity (Wildman–Crippen MR) is 94.2 cm³/mol. The summed E-state index contributed by atoms with van der Waals surface area (Å²) in [6, 6.07) is 5.12. The summed E-state index contributed by atoms with van der Waals surface area (Å²) in [7, 11) is 0. The fourth-order valence-corrected chi connectivity index (χ4v) is 3.15. The van der Waals surface area contributed by atoms with Crippen LogP contribution < -0.4 is 10.6 Å². The lowest BCUT2D eigenvalue weighted by Crippen LogP contribution is -2.38. The van der Waals surface area contributed by atoms with Gasteiger partial charge in [0.2, 0.25) is 11.8 Å². The standard InChI is InChI=1S/C18H23N5O2/c1-13(21-18(25)14-6-2-3-7-14)12-16(24)22-15-8-4-9-19-17(15)23-11-5-10-20-23/h4-5,8-11,13-14H,2-3,6-7,12H2,1H3,(H,21,25)(H,22,24)/t13-/m1/s1. The van der Waals surface area contributed by atoms with Crippen molar-refractivity contribution in [3.63, 3.8) is 0 Å². The van der Waals surface area contributed by atoms with Crippen molar-refractivity contribution in [2.24, 2.45) is 5.92 Å². The first kappa shape index (κ1) is 17.1. The zero-order valence-corrected chi connectivity index (χ0v) is 14.3. The van der Waals surface area contributed by atoms with Gasteiger partial charge in [0.05, 0.1) is 5.69 Å². The largest absolute Gasteiger partial charge is 0.353 e. The van der Waals surface area contributed by atoms with E-state index in [1.165, 1.54) is 0 Å². The van der Waals surface area contributed by atoms with Crippen LogP contribution in [0.3, 0.4) is 0 Å². The summed E-state index contributed by atoms with van der Waals surface area (Å²) in [4.78, 5) is 28.7. The quantitative estimate of drug-likeness (QED) is 0.844. The van der Waals surface area contributed by atoms with Crippen molar-refractivity contribution >= 4 is 17.5 Å². The van der Waals surface area contributed by atoms with Crippen LogP contribution in [0, 0.1) is 5.92 Å². The number of nitrogens with zero attached hydrogens (tertiary/aromatic N) is 3. The number of carbonyl (C=O) groups is 2. The zero-order valence-electron chi connectivity index (χ0n) is 14.3. The van der Waals surface area contributed by atoms with Crippen molar-refractivity contribution in [2.45, 2.75) is 45.1 Å². The molecule has 3 rings (SSSR count). The van der Waals surface area contributed by atoms with Gasteiger partial charge in [0.25, 0.3) is 0 Å². The number of hydrogen-bond acceptors (Lipinski definition) is 4. The smallest absolute Gasteiger partial charge is 0.226 e. The third-order valence-electron chi connectivity index (χ3n) is 4.39. The van der Waals surface area contributed by atoms with Gasteiger partial charge in [-0.05, 0) is 38.0 Å². The summed E-state index contributed by atoms with van der Waals surface area (Å²) in [5, 5.41) is 9.95. The summed E-state index contributed by atoms with van der Waals surface area (Å²) in [6.45, 7) is 1.85. The topological polar surface area (TPSA) is 88.9 Å². The van der Waals surface area contributed by atoms with Crippen LogP contribution in [0.5, 0.6) is 0 Å². The normalized spacial score (nSPS) is 15.7. The number of aromatic nitrogens is 3. The van der Waals surface area contributed by atoms with E-state index >= 15 is 0 Å². The van der Waals surface area contributed by atoms with E-state index in [1.807, 2.05) is 6.92 Å². The molecule has 1 aliphatic rings. The molecule has 0 unspecified atom stereocenters. The molecule has 1 saturated carbocycles. The summed E-state index contributed by atoms with van der Waals surface area (Å²) < 4.78 is 1.60. The minimum Gasteiger partial charge on any atom is -0.353 e. The van der Waals surface area contributed by atoms with Crippen molar-refractivity contribution < 1.29 is 9.59 Å². The maximum absolute atomic E-state index is 12.3. The molecule has 0 spiro atoms. The summed E-state index contributed by atoms with van der Waals surface area (Å²) in [5.74, 6) is 0.566. The number of hydrogen-bond donors (Lipinski definition) is 2. The Hall–Kier alpha value is -2.70. The van der Waals surface area contributed by atoms with Crippen LogP contribution in [-0.4, -0.2) is 32.6 Å². The van der Waals surface area contributed by atoms with Gasteiger partial charge in [-0.3, -0.25) is 9.59 Å². The number of anilines is 1. The van der Waals surface area contributed by atoms with Gasteiger partial charge in [-0.1, -0.05) is 12.8 Å². The van der Waals surface area contributed by atoms with Gasteiger partial charge in [0.15, 0.2) is 5.82 Å². The van der Waals surface area contributed by atoms with E-state index in [9.17, 15) is 9.59 Å². The second kappa shape index (κ2) is 7.92. The summed E-state index contributed by atoms with van der Waals surface area (Å²) in [6.07, 6.45) is 9.42. The molecule has 2 aromatic heterocycles. The van der Waals surface area contributed by atoms with Gasteiger partial charge in [-0.2, -0.15) is 5.10 Å². The Morgan fingerprint density at radius 1 is 1.28 bits per heavy atom. The molecule has 1 atom stereocenters. The highest BCUT2D eigenvalue weighted by molar-refractivity contribution is 5.93. The van der Waals surface area contributed by atoms with Gasteiger partial charge in [-0.15, -0.1) is 0 Å².